The zero-order valence-electron chi connectivity index (χ0n) is 12.6. The van der Waals surface area contributed by atoms with Gasteiger partial charge in [0.15, 0.2) is 0 Å². The molecule has 2 atom stereocenters. The molecule has 1 saturated heterocycles. The Balaban J connectivity index is 1.67. The molecule has 2 nitrogen and oxygen atoms in total. The first-order chi connectivity index (χ1) is 10.2. The van der Waals surface area contributed by atoms with Crippen LogP contribution in [-0.4, -0.2) is 23.1 Å². The first-order valence-corrected chi connectivity index (χ1v) is 7.70. The lowest BCUT2D eigenvalue weighted by molar-refractivity contribution is -0.00231. The normalized spacial score (nSPS) is 22.1. The minimum Gasteiger partial charge on any atom is -0.385 e. The molecule has 3 rings (SSSR count). The zero-order chi connectivity index (χ0) is 14.7. The van der Waals surface area contributed by atoms with E-state index in [1.54, 1.807) is 0 Å². The summed E-state index contributed by atoms with van der Waals surface area (Å²) in [6, 6.07) is 20.6. The fraction of sp³-hybridized carbons (Fsp3) is 0.368. The van der Waals surface area contributed by atoms with Gasteiger partial charge in [0.05, 0.1) is 5.60 Å². The van der Waals surface area contributed by atoms with Crippen molar-refractivity contribution in [2.24, 2.45) is 5.92 Å². The summed E-state index contributed by atoms with van der Waals surface area (Å²) in [6.45, 7) is 4.94. The highest BCUT2D eigenvalue weighted by molar-refractivity contribution is 5.23. The minimum absolute atomic E-state index is 0.295. The number of nitrogens with zero attached hydrogens (tertiary/aromatic N) is 1. The van der Waals surface area contributed by atoms with Crippen molar-refractivity contribution in [1.82, 2.24) is 4.90 Å². The van der Waals surface area contributed by atoms with Crippen molar-refractivity contribution in [3.63, 3.8) is 0 Å². The van der Waals surface area contributed by atoms with Gasteiger partial charge < -0.3 is 5.11 Å². The number of benzene rings is 2. The van der Waals surface area contributed by atoms with Crippen LogP contribution in [0.15, 0.2) is 60.7 Å². The summed E-state index contributed by atoms with van der Waals surface area (Å²) in [4.78, 5) is 2.44. The highest BCUT2D eigenvalue weighted by Gasteiger charge is 2.38. The second-order valence-corrected chi connectivity index (χ2v) is 6.22. The monoisotopic (exact) mass is 281 g/mol. The van der Waals surface area contributed by atoms with Crippen LogP contribution in [0, 0.1) is 5.92 Å². The van der Waals surface area contributed by atoms with Gasteiger partial charge in [-0.1, -0.05) is 60.7 Å². The van der Waals surface area contributed by atoms with E-state index in [1.807, 2.05) is 37.3 Å². The fourth-order valence-electron chi connectivity index (χ4n) is 3.29. The van der Waals surface area contributed by atoms with Crippen LogP contribution < -0.4 is 0 Å². The van der Waals surface area contributed by atoms with Crippen LogP contribution in [0.3, 0.4) is 0 Å². The summed E-state index contributed by atoms with van der Waals surface area (Å²) in [7, 11) is 0. The number of hydrogen-bond acceptors (Lipinski definition) is 2. The lowest BCUT2D eigenvalue weighted by atomic mass is 9.82. The third kappa shape index (κ3) is 3.17. The van der Waals surface area contributed by atoms with E-state index in [-0.39, 0.29) is 0 Å². The molecule has 0 unspecified atom stereocenters. The third-order valence-corrected chi connectivity index (χ3v) is 4.67. The van der Waals surface area contributed by atoms with Crippen molar-refractivity contribution in [2.45, 2.75) is 25.5 Å². The summed E-state index contributed by atoms with van der Waals surface area (Å²) in [5.74, 6) is 0.295. The number of aliphatic hydroxyl groups is 1. The van der Waals surface area contributed by atoms with E-state index >= 15 is 0 Å². The maximum absolute atomic E-state index is 10.9. The van der Waals surface area contributed by atoms with E-state index in [1.165, 1.54) is 5.56 Å². The quantitative estimate of drug-likeness (QED) is 0.928. The van der Waals surface area contributed by atoms with E-state index in [2.05, 4.69) is 35.2 Å². The van der Waals surface area contributed by atoms with Gasteiger partial charge in [-0.2, -0.15) is 0 Å². The van der Waals surface area contributed by atoms with E-state index < -0.39 is 5.60 Å². The van der Waals surface area contributed by atoms with Gasteiger partial charge in [0.2, 0.25) is 0 Å². The molecule has 0 spiro atoms. The molecule has 2 aromatic carbocycles. The average molecular weight is 281 g/mol. The summed E-state index contributed by atoms with van der Waals surface area (Å²) in [5.41, 5.74) is 1.63. The van der Waals surface area contributed by atoms with Crippen molar-refractivity contribution in [2.75, 3.05) is 13.1 Å². The Morgan fingerprint density at radius 1 is 1.05 bits per heavy atom. The molecule has 1 aliphatic heterocycles. The molecule has 110 valence electrons. The van der Waals surface area contributed by atoms with Gasteiger partial charge in [0.25, 0.3) is 0 Å². The number of likely N-dealkylation sites (tertiary alicyclic amines) is 1. The molecule has 0 amide bonds. The van der Waals surface area contributed by atoms with Crippen LogP contribution in [0.5, 0.6) is 0 Å². The van der Waals surface area contributed by atoms with Crippen molar-refractivity contribution in [3.05, 3.63) is 71.8 Å². The molecular formula is C19H23NO. The maximum atomic E-state index is 10.9. The molecule has 2 aromatic rings. The first-order valence-electron chi connectivity index (χ1n) is 7.70. The highest BCUT2D eigenvalue weighted by atomic mass is 16.3. The summed E-state index contributed by atoms with van der Waals surface area (Å²) >= 11 is 0. The van der Waals surface area contributed by atoms with Gasteiger partial charge in [0.1, 0.15) is 0 Å². The molecule has 1 N–H and O–H groups in total. The second-order valence-electron chi connectivity index (χ2n) is 6.22. The SMILES string of the molecule is C[C@@](O)(c1ccccc1)[C@@H]1CCN(Cc2ccccc2)C1. The number of rotatable bonds is 4. The Morgan fingerprint density at radius 2 is 1.67 bits per heavy atom. The molecule has 0 aromatic heterocycles. The summed E-state index contributed by atoms with van der Waals surface area (Å²) in [5, 5.41) is 10.9. The topological polar surface area (TPSA) is 23.5 Å². The molecule has 1 fully saturated rings. The van der Waals surface area contributed by atoms with Crippen molar-refractivity contribution in [3.8, 4) is 0 Å². The smallest absolute Gasteiger partial charge is 0.0909 e. The lowest BCUT2D eigenvalue weighted by Crippen LogP contribution is -2.34. The van der Waals surface area contributed by atoms with Gasteiger partial charge in [-0.25, -0.2) is 0 Å². The van der Waals surface area contributed by atoms with Crippen LogP contribution in [-0.2, 0) is 12.1 Å². The Hall–Kier alpha value is -1.64. The molecule has 1 heterocycles. The Morgan fingerprint density at radius 3 is 2.33 bits per heavy atom. The van der Waals surface area contributed by atoms with Crippen LogP contribution in [0.4, 0.5) is 0 Å². The van der Waals surface area contributed by atoms with Crippen LogP contribution >= 0.6 is 0 Å². The van der Waals surface area contributed by atoms with E-state index in [4.69, 9.17) is 0 Å². The molecule has 21 heavy (non-hydrogen) atoms. The van der Waals surface area contributed by atoms with E-state index in [0.29, 0.717) is 5.92 Å². The van der Waals surface area contributed by atoms with Crippen LogP contribution in [0.25, 0.3) is 0 Å². The minimum atomic E-state index is -0.743. The molecule has 0 saturated carbocycles. The predicted octanol–water partition coefficient (Wildman–Crippen LogP) is 3.42. The Labute approximate surface area is 127 Å². The van der Waals surface area contributed by atoms with Gasteiger partial charge in [-0.3, -0.25) is 4.90 Å². The molecule has 1 aliphatic rings. The first kappa shape index (κ1) is 14.3. The third-order valence-electron chi connectivity index (χ3n) is 4.67. The Kier molecular flexibility index (Phi) is 4.09. The van der Waals surface area contributed by atoms with Gasteiger partial charge >= 0.3 is 0 Å². The maximum Gasteiger partial charge on any atom is 0.0909 e. The lowest BCUT2D eigenvalue weighted by Gasteiger charge is -2.31. The molecule has 0 radical (unpaired) electrons. The molecule has 0 bridgehead atoms. The van der Waals surface area contributed by atoms with Crippen LogP contribution in [0.1, 0.15) is 24.5 Å². The van der Waals surface area contributed by atoms with Crippen molar-refractivity contribution < 1.29 is 5.11 Å². The predicted molar refractivity (Wildman–Crippen MR) is 85.8 cm³/mol. The zero-order valence-corrected chi connectivity index (χ0v) is 12.6. The molecule has 2 heteroatoms. The largest absolute Gasteiger partial charge is 0.385 e. The summed E-state index contributed by atoms with van der Waals surface area (Å²) < 4.78 is 0. The van der Waals surface area contributed by atoms with E-state index in [0.717, 1.165) is 31.6 Å². The number of hydrogen-bond donors (Lipinski definition) is 1. The van der Waals surface area contributed by atoms with Crippen molar-refractivity contribution >= 4 is 0 Å². The average Bonchev–Trinajstić information content (AvgIpc) is 2.98. The second kappa shape index (κ2) is 6.00. The Bertz CT molecular complexity index is 565. The fourth-order valence-corrected chi connectivity index (χ4v) is 3.29. The van der Waals surface area contributed by atoms with Gasteiger partial charge in [0, 0.05) is 19.0 Å². The highest BCUT2D eigenvalue weighted by Crippen LogP contribution is 2.35. The molecule has 0 aliphatic carbocycles. The van der Waals surface area contributed by atoms with E-state index in [9.17, 15) is 5.11 Å². The van der Waals surface area contributed by atoms with Crippen LogP contribution in [0.2, 0.25) is 0 Å². The van der Waals surface area contributed by atoms with Crippen molar-refractivity contribution in [1.29, 1.82) is 0 Å². The standard InChI is InChI=1S/C19H23NO/c1-19(21,17-10-6-3-7-11-17)18-12-13-20(15-18)14-16-8-4-2-5-9-16/h2-11,18,21H,12-15H2,1H3/t18-,19-/m1/s1. The molecular weight excluding hydrogens is 258 g/mol. The van der Waals surface area contributed by atoms with Gasteiger partial charge in [-0.15, -0.1) is 0 Å². The van der Waals surface area contributed by atoms with Gasteiger partial charge in [-0.05, 0) is 31.0 Å². The summed E-state index contributed by atoms with van der Waals surface area (Å²) in [6.07, 6.45) is 1.05.